The zero-order chi connectivity index (χ0) is 14.3. The van der Waals surface area contributed by atoms with Gasteiger partial charge in [-0.3, -0.25) is 4.90 Å². The Hall–Kier alpha value is -1.24. The van der Waals surface area contributed by atoms with Gasteiger partial charge in [-0.1, -0.05) is 0 Å². The summed E-state index contributed by atoms with van der Waals surface area (Å²) in [4.78, 5) is 2.53. The average Bonchev–Trinajstić information content (AvgIpc) is 2.55. The lowest BCUT2D eigenvalue weighted by Crippen LogP contribution is -2.47. The number of hydrogen-bond acceptors (Lipinski definition) is 6. The summed E-state index contributed by atoms with van der Waals surface area (Å²) in [6, 6.07) is 3.81. The Bertz CT molecular complexity index is 411. The van der Waals surface area contributed by atoms with Gasteiger partial charge in [0.15, 0.2) is 0 Å². The molecule has 21 heavy (non-hydrogen) atoms. The Morgan fingerprint density at radius 2 is 2.19 bits per heavy atom. The molecule has 3 heterocycles. The summed E-state index contributed by atoms with van der Waals surface area (Å²) in [6.07, 6.45) is 4.29. The Balaban J connectivity index is 1.42. The second kappa shape index (κ2) is 7.68. The second-order valence-electron chi connectivity index (χ2n) is 5.80. The maximum Gasteiger partial charge on any atom is 0.148 e. The third-order valence-corrected chi connectivity index (χ3v) is 4.16. The van der Waals surface area contributed by atoms with Gasteiger partial charge < -0.3 is 14.8 Å². The molecule has 3 rings (SSSR count). The van der Waals surface area contributed by atoms with Crippen LogP contribution in [0.5, 0.6) is 0 Å². The van der Waals surface area contributed by atoms with Gasteiger partial charge in [-0.05, 0) is 30.9 Å². The molecule has 0 spiro atoms. The topological polar surface area (TPSA) is 59.5 Å². The maximum absolute atomic E-state index is 5.84. The highest BCUT2D eigenvalue weighted by Crippen LogP contribution is 2.17. The molecule has 6 heteroatoms. The lowest BCUT2D eigenvalue weighted by molar-refractivity contribution is -0.0333. The summed E-state index contributed by atoms with van der Waals surface area (Å²) in [5.74, 6) is 1.59. The minimum absolute atomic E-state index is 0.223. The van der Waals surface area contributed by atoms with Gasteiger partial charge in [0.1, 0.15) is 5.82 Å². The van der Waals surface area contributed by atoms with E-state index in [1.165, 1.54) is 19.4 Å². The second-order valence-corrected chi connectivity index (χ2v) is 5.80. The molecule has 2 saturated heterocycles. The van der Waals surface area contributed by atoms with Crippen LogP contribution in [-0.4, -0.2) is 67.2 Å². The molecular formula is C15H24N4O2. The van der Waals surface area contributed by atoms with Gasteiger partial charge >= 0.3 is 0 Å². The monoisotopic (exact) mass is 292 g/mol. The quantitative estimate of drug-likeness (QED) is 0.874. The fourth-order valence-corrected chi connectivity index (χ4v) is 2.98. The number of nitrogens with one attached hydrogen (secondary N) is 1. The number of ether oxygens (including phenoxy) is 2. The summed E-state index contributed by atoms with van der Waals surface area (Å²) in [5.41, 5.74) is 0. The summed E-state index contributed by atoms with van der Waals surface area (Å²) in [5, 5.41) is 11.2. The molecule has 116 valence electrons. The third-order valence-electron chi connectivity index (χ3n) is 4.16. The van der Waals surface area contributed by atoms with Gasteiger partial charge in [-0.15, -0.1) is 5.10 Å². The van der Waals surface area contributed by atoms with E-state index in [-0.39, 0.29) is 6.10 Å². The van der Waals surface area contributed by atoms with E-state index in [0.717, 1.165) is 51.2 Å². The highest BCUT2D eigenvalue weighted by atomic mass is 16.5. The summed E-state index contributed by atoms with van der Waals surface area (Å²) in [6.45, 7) is 6.65. The molecular weight excluding hydrogens is 268 g/mol. The molecule has 0 unspecified atom stereocenters. The molecule has 2 fully saturated rings. The zero-order valence-electron chi connectivity index (χ0n) is 12.4. The molecule has 0 bridgehead atoms. The van der Waals surface area contributed by atoms with Crippen molar-refractivity contribution in [1.82, 2.24) is 15.1 Å². The van der Waals surface area contributed by atoms with Gasteiger partial charge in [-0.2, -0.15) is 5.10 Å². The molecule has 1 atom stereocenters. The van der Waals surface area contributed by atoms with Crippen molar-refractivity contribution < 1.29 is 9.47 Å². The van der Waals surface area contributed by atoms with Crippen molar-refractivity contribution >= 4 is 5.82 Å². The smallest absolute Gasteiger partial charge is 0.148 e. The molecule has 6 nitrogen and oxygen atoms in total. The summed E-state index contributed by atoms with van der Waals surface area (Å²) < 4.78 is 11.3. The van der Waals surface area contributed by atoms with E-state index < -0.39 is 0 Å². The van der Waals surface area contributed by atoms with Crippen molar-refractivity contribution in [2.45, 2.75) is 18.9 Å². The highest BCUT2D eigenvalue weighted by Gasteiger charge is 2.24. The first kappa shape index (κ1) is 14.7. The predicted molar refractivity (Wildman–Crippen MR) is 80.2 cm³/mol. The Morgan fingerprint density at radius 1 is 1.29 bits per heavy atom. The molecule has 2 aliphatic heterocycles. The van der Waals surface area contributed by atoms with E-state index in [1.807, 2.05) is 12.1 Å². The summed E-state index contributed by atoms with van der Waals surface area (Å²) in [7, 11) is 0. The number of nitrogens with zero attached hydrogens (tertiary/aromatic N) is 3. The van der Waals surface area contributed by atoms with Crippen molar-refractivity contribution in [1.29, 1.82) is 0 Å². The minimum atomic E-state index is 0.223. The normalized spacial score (nSPS) is 24.9. The van der Waals surface area contributed by atoms with Crippen molar-refractivity contribution in [2.24, 2.45) is 5.92 Å². The van der Waals surface area contributed by atoms with Gasteiger partial charge in [0.05, 0.1) is 12.7 Å². The van der Waals surface area contributed by atoms with Crippen LogP contribution in [0.25, 0.3) is 0 Å². The number of anilines is 1. The number of hydrogen-bond donors (Lipinski definition) is 1. The molecule has 0 amide bonds. The first-order valence-electron chi connectivity index (χ1n) is 7.83. The molecule has 0 aliphatic carbocycles. The molecule has 1 aromatic rings. The Kier molecular flexibility index (Phi) is 5.37. The van der Waals surface area contributed by atoms with Crippen LogP contribution < -0.4 is 5.32 Å². The number of aromatic nitrogens is 2. The lowest BCUT2D eigenvalue weighted by atomic mass is 9.99. The van der Waals surface area contributed by atoms with Gasteiger partial charge in [-0.25, -0.2) is 0 Å². The van der Waals surface area contributed by atoms with Crippen molar-refractivity contribution in [3.05, 3.63) is 18.3 Å². The van der Waals surface area contributed by atoms with E-state index in [2.05, 4.69) is 20.4 Å². The third kappa shape index (κ3) is 4.62. The molecule has 2 aliphatic rings. The molecule has 1 N–H and O–H groups in total. The van der Waals surface area contributed by atoms with Crippen LogP contribution in [0.1, 0.15) is 12.8 Å². The standard InChI is InChI=1S/C15H24N4O2/c1-2-15(18-17-5-1)16-10-14-12-19(6-9-21-14)11-13-3-7-20-8-4-13/h1-2,5,13-14H,3-4,6-12H2,(H,16,18)/t14-/m1/s1. The highest BCUT2D eigenvalue weighted by molar-refractivity contribution is 5.31. The van der Waals surface area contributed by atoms with E-state index in [9.17, 15) is 0 Å². The average molecular weight is 292 g/mol. The maximum atomic E-state index is 5.84. The van der Waals surface area contributed by atoms with Gasteiger partial charge in [0.2, 0.25) is 0 Å². The van der Waals surface area contributed by atoms with E-state index >= 15 is 0 Å². The Morgan fingerprint density at radius 3 is 3.00 bits per heavy atom. The molecule has 0 radical (unpaired) electrons. The minimum Gasteiger partial charge on any atom is -0.381 e. The fourth-order valence-electron chi connectivity index (χ4n) is 2.98. The Labute approximate surface area is 125 Å². The van der Waals surface area contributed by atoms with Crippen molar-refractivity contribution in [3.8, 4) is 0 Å². The molecule has 0 aromatic carbocycles. The molecule has 0 saturated carbocycles. The van der Waals surface area contributed by atoms with Crippen LogP contribution in [0.4, 0.5) is 5.82 Å². The summed E-state index contributed by atoms with van der Waals surface area (Å²) >= 11 is 0. The van der Waals surface area contributed by atoms with Crippen LogP contribution in [0.15, 0.2) is 18.3 Å². The van der Waals surface area contributed by atoms with Crippen molar-refractivity contribution in [2.75, 3.05) is 51.3 Å². The lowest BCUT2D eigenvalue weighted by Gasteiger charge is -2.36. The first-order chi connectivity index (χ1) is 10.4. The van der Waals surface area contributed by atoms with Crippen LogP contribution in [0.2, 0.25) is 0 Å². The zero-order valence-corrected chi connectivity index (χ0v) is 12.4. The SMILES string of the molecule is c1cnnc(NC[C@@H]2CN(CC3CCOCC3)CCO2)c1. The number of morpholine rings is 1. The predicted octanol–water partition coefficient (Wildman–Crippen LogP) is 1.02. The van der Waals surface area contributed by atoms with E-state index in [1.54, 1.807) is 6.20 Å². The fraction of sp³-hybridized carbons (Fsp3) is 0.733. The van der Waals surface area contributed by atoms with E-state index in [0.29, 0.717) is 0 Å². The van der Waals surface area contributed by atoms with Crippen LogP contribution in [0.3, 0.4) is 0 Å². The first-order valence-corrected chi connectivity index (χ1v) is 7.83. The largest absolute Gasteiger partial charge is 0.381 e. The van der Waals surface area contributed by atoms with E-state index in [4.69, 9.17) is 9.47 Å². The van der Waals surface area contributed by atoms with Crippen LogP contribution in [0, 0.1) is 5.92 Å². The molecule has 1 aromatic heterocycles. The van der Waals surface area contributed by atoms with Crippen LogP contribution >= 0.6 is 0 Å². The van der Waals surface area contributed by atoms with Gasteiger partial charge in [0, 0.05) is 45.6 Å². The van der Waals surface area contributed by atoms with Gasteiger partial charge in [0.25, 0.3) is 0 Å². The van der Waals surface area contributed by atoms with Crippen molar-refractivity contribution in [3.63, 3.8) is 0 Å². The van der Waals surface area contributed by atoms with Crippen LogP contribution in [-0.2, 0) is 9.47 Å². The number of rotatable bonds is 5.